The molecule has 0 spiro atoms. The van der Waals surface area contributed by atoms with Crippen molar-refractivity contribution in [2.24, 2.45) is 0 Å². The van der Waals surface area contributed by atoms with Crippen molar-refractivity contribution < 1.29 is 5.11 Å². The van der Waals surface area contributed by atoms with Gasteiger partial charge in [0.2, 0.25) is 5.43 Å². The molecule has 4 heteroatoms. The smallest absolute Gasteiger partial charge is 0.223 e. The lowest BCUT2D eigenvalue weighted by Crippen LogP contribution is -2.22. The topological polar surface area (TPSA) is 45.5 Å². The summed E-state index contributed by atoms with van der Waals surface area (Å²) in [6, 6.07) is 1.51. The molecule has 18 heavy (non-hydrogen) atoms. The van der Waals surface area contributed by atoms with Crippen LogP contribution in [-0.4, -0.2) is 28.7 Å². The Morgan fingerprint density at radius 2 is 2.00 bits per heavy atom. The molecule has 0 fully saturated rings. The minimum Gasteiger partial charge on any atom is -0.503 e. The van der Waals surface area contributed by atoms with Crippen LogP contribution in [0.5, 0.6) is 5.75 Å². The number of aromatic hydroxyl groups is 1. The Balaban J connectivity index is 3.11. The van der Waals surface area contributed by atoms with Gasteiger partial charge in [0.1, 0.15) is 0 Å². The van der Waals surface area contributed by atoms with E-state index in [2.05, 4.69) is 11.5 Å². The first-order valence-corrected chi connectivity index (χ1v) is 6.54. The van der Waals surface area contributed by atoms with Crippen LogP contribution in [-0.2, 0) is 13.1 Å². The first-order chi connectivity index (χ1) is 8.47. The van der Waals surface area contributed by atoms with Crippen LogP contribution in [0.4, 0.5) is 0 Å². The quantitative estimate of drug-likeness (QED) is 0.789. The van der Waals surface area contributed by atoms with Gasteiger partial charge in [0.15, 0.2) is 5.75 Å². The summed E-state index contributed by atoms with van der Waals surface area (Å²) in [5.74, 6) is -0.106. The average molecular weight is 252 g/mol. The lowest BCUT2D eigenvalue weighted by Gasteiger charge is -2.20. The maximum Gasteiger partial charge on any atom is 0.223 e. The van der Waals surface area contributed by atoms with E-state index < -0.39 is 0 Å². The molecule has 0 saturated carbocycles. The summed E-state index contributed by atoms with van der Waals surface area (Å²) in [6.07, 6.45) is 3.39. The van der Waals surface area contributed by atoms with Gasteiger partial charge in [-0.2, -0.15) is 0 Å². The molecule has 0 aliphatic heterocycles. The van der Waals surface area contributed by atoms with Crippen LogP contribution in [0.2, 0.25) is 0 Å². The first kappa shape index (κ1) is 14.8. The summed E-state index contributed by atoms with van der Waals surface area (Å²) in [5, 5.41) is 9.95. The van der Waals surface area contributed by atoms with E-state index >= 15 is 0 Å². The molecule has 0 bridgehead atoms. The Morgan fingerprint density at radius 1 is 1.33 bits per heavy atom. The minimum atomic E-state index is -0.281. The number of aryl methyl sites for hydroxylation is 1. The van der Waals surface area contributed by atoms with Crippen molar-refractivity contribution in [3.63, 3.8) is 0 Å². The number of unbranched alkanes of at least 4 members (excludes halogenated alkanes) is 2. The minimum absolute atomic E-state index is 0.106. The number of aromatic nitrogens is 1. The molecular weight excluding hydrogens is 228 g/mol. The van der Waals surface area contributed by atoms with Gasteiger partial charge in [-0.05, 0) is 27.4 Å². The molecule has 0 aromatic carbocycles. The molecule has 1 heterocycles. The van der Waals surface area contributed by atoms with Gasteiger partial charge in [0.05, 0.1) is 5.69 Å². The third-order valence-corrected chi connectivity index (χ3v) is 3.05. The van der Waals surface area contributed by atoms with Gasteiger partial charge in [-0.15, -0.1) is 0 Å². The fourth-order valence-corrected chi connectivity index (χ4v) is 2.11. The number of hydrogen-bond acceptors (Lipinski definition) is 3. The van der Waals surface area contributed by atoms with E-state index in [9.17, 15) is 9.90 Å². The predicted molar refractivity (Wildman–Crippen MR) is 74.0 cm³/mol. The van der Waals surface area contributed by atoms with Crippen molar-refractivity contribution in [3.05, 3.63) is 27.7 Å². The van der Waals surface area contributed by atoms with Crippen LogP contribution in [0.15, 0.2) is 10.9 Å². The zero-order valence-corrected chi connectivity index (χ0v) is 11.9. The highest BCUT2D eigenvalue weighted by Gasteiger charge is 2.13. The first-order valence-electron chi connectivity index (χ1n) is 6.54. The molecule has 4 nitrogen and oxygen atoms in total. The van der Waals surface area contributed by atoms with Crippen LogP contribution in [0.1, 0.15) is 37.6 Å². The molecular formula is C14H24N2O2. The number of hydrogen-bond donors (Lipinski definition) is 1. The SMILES string of the molecule is CCCCCn1c(C)cc(=O)c(O)c1CN(C)C. The second-order valence-electron chi connectivity index (χ2n) is 5.04. The van der Waals surface area contributed by atoms with E-state index in [1.54, 1.807) is 0 Å². The Bertz CT molecular complexity index is 450. The van der Waals surface area contributed by atoms with E-state index in [1.165, 1.54) is 6.07 Å². The van der Waals surface area contributed by atoms with E-state index in [0.717, 1.165) is 37.2 Å². The highest BCUT2D eigenvalue weighted by atomic mass is 16.3. The lowest BCUT2D eigenvalue weighted by atomic mass is 10.2. The summed E-state index contributed by atoms with van der Waals surface area (Å²) in [7, 11) is 3.87. The summed E-state index contributed by atoms with van der Waals surface area (Å²) < 4.78 is 2.06. The van der Waals surface area contributed by atoms with Crippen molar-refractivity contribution in [1.29, 1.82) is 0 Å². The Labute approximate surface area is 109 Å². The van der Waals surface area contributed by atoms with E-state index in [4.69, 9.17) is 0 Å². The molecule has 0 unspecified atom stereocenters. The van der Waals surface area contributed by atoms with Gasteiger partial charge in [-0.25, -0.2) is 0 Å². The van der Waals surface area contributed by atoms with Gasteiger partial charge < -0.3 is 14.6 Å². The van der Waals surface area contributed by atoms with Crippen LogP contribution >= 0.6 is 0 Å². The molecule has 1 rings (SSSR count). The summed E-state index contributed by atoms with van der Waals surface area (Å²) >= 11 is 0. The Hall–Kier alpha value is -1.29. The highest BCUT2D eigenvalue weighted by molar-refractivity contribution is 5.29. The lowest BCUT2D eigenvalue weighted by molar-refractivity contribution is 0.360. The number of rotatable bonds is 6. The standard InChI is InChI=1S/C14H24N2O2/c1-5-6-7-8-16-11(2)9-13(17)14(18)12(16)10-15(3)4/h9,18H,5-8,10H2,1-4H3. The average Bonchev–Trinajstić information content (AvgIpc) is 2.29. The maximum atomic E-state index is 11.6. The summed E-state index contributed by atoms with van der Waals surface area (Å²) in [6.45, 7) is 5.52. The largest absolute Gasteiger partial charge is 0.503 e. The van der Waals surface area contributed by atoms with Crippen LogP contribution in [0.25, 0.3) is 0 Å². The monoisotopic (exact) mass is 252 g/mol. The third kappa shape index (κ3) is 3.60. The second kappa shape index (κ2) is 6.59. The molecule has 102 valence electrons. The van der Waals surface area contributed by atoms with Gasteiger partial charge in [-0.3, -0.25) is 4.79 Å². The van der Waals surface area contributed by atoms with E-state index in [0.29, 0.717) is 6.54 Å². The van der Waals surface area contributed by atoms with E-state index in [-0.39, 0.29) is 11.2 Å². The van der Waals surface area contributed by atoms with Crippen LogP contribution in [0.3, 0.4) is 0 Å². The zero-order chi connectivity index (χ0) is 13.7. The Kier molecular flexibility index (Phi) is 5.41. The Morgan fingerprint density at radius 3 is 2.56 bits per heavy atom. The normalized spacial score (nSPS) is 11.2. The number of nitrogens with zero attached hydrogens (tertiary/aromatic N) is 2. The molecule has 0 radical (unpaired) electrons. The molecule has 0 amide bonds. The fraction of sp³-hybridized carbons (Fsp3) is 0.643. The van der Waals surface area contributed by atoms with Gasteiger partial charge >= 0.3 is 0 Å². The molecule has 1 N–H and O–H groups in total. The second-order valence-corrected chi connectivity index (χ2v) is 5.04. The summed E-state index contributed by atoms with van der Waals surface area (Å²) in [5.41, 5.74) is 1.36. The van der Waals surface area contributed by atoms with Gasteiger partial charge in [-0.1, -0.05) is 19.8 Å². The van der Waals surface area contributed by atoms with E-state index in [1.807, 2.05) is 25.9 Å². The van der Waals surface area contributed by atoms with Gasteiger partial charge in [0, 0.05) is 24.8 Å². The third-order valence-electron chi connectivity index (χ3n) is 3.05. The van der Waals surface area contributed by atoms with Gasteiger partial charge in [0.25, 0.3) is 0 Å². The van der Waals surface area contributed by atoms with Crippen molar-refractivity contribution >= 4 is 0 Å². The zero-order valence-electron chi connectivity index (χ0n) is 11.9. The highest BCUT2D eigenvalue weighted by Crippen LogP contribution is 2.17. The summed E-state index contributed by atoms with van der Waals surface area (Å²) in [4.78, 5) is 13.6. The van der Waals surface area contributed by atoms with Crippen molar-refractivity contribution in [1.82, 2.24) is 9.47 Å². The molecule has 1 aromatic rings. The molecule has 0 aliphatic carbocycles. The van der Waals surface area contributed by atoms with Crippen molar-refractivity contribution in [2.75, 3.05) is 14.1 Å². The predicted octanol–water partition coefficient (Wildman–Crippen LogP) is 2.11. The van der Waals surface area contributed by atoms with Crippen LogP contribution in [0, 0.1) is 6.92 Å². The fourth-order valence-electron chi connectivity index (χ4n) is 2.11. The molecule has 1 aromatic heterocycles. The molecule has 0 saturated heterocycles. The molecule has 0 aliphatic rings. The van der Waals surface area contributed by atoms with Crippen molar-refractivity contribution in [3.8, 4) is 5.75 Å². The maximum absolute atomic E-state index is 11.6. The van der Waals surface area contributed by atoms with Crippen LogP contribution < -0.4 is 5.43 Å². The van der Waals surface area contributed by atoms with Crippen molar-refractivity contribution in [2.45, 2.75) is 46.2 Å². The molecule has 0 atom stereocenters. The number of pyridine rings is 1.